The fourth-order valence-corrected chi connectivity index (χ4v) is 3.65. The van der Waals surface area contributed by atoms with E-state index in [-0.39, 0.29) is 5.91 Å². The van der Waals surface area contributed by atoms with Gasteiger partial charge in [-0.25, -0.2) is 0 Å². The lowest BCUT2D eigenvalue weighted by molar-refractivity contribution is -0.115. The van der Waals surface area contributed by atoms with Gasteiger partial charge in [0.25, 0.3) is 0 Å². The van der Waals surface area contributed by atoms with E-state index in [0.29, 0.717) is 21.4 Å². The van der Waals surface area contributed by atoms with Gasteiger partial charge in [-0.2, -0.15) is 5.26 Å². The van der Waals surface area contributed by atoms with Crippen LogP contribution in [0.15, 0.2) is 47.6 Å². The number of nitriles is 1. The van der Waals surface area contributed by atoms with Crippen LogP contribution in [-0.4, -0.2) is 25.9 Å². The topological polar surface area (TPSA) is 83.6 Å². The third-order valence-electron chi connectivity index (χ3n) is 4.23. The number of nitrogens with zero attached hydrogens (tertiary/aromatic N) is 4. The van der Waals surface area contributed by atoms with Gasteiger partial charge < -0.3 is 9.88 Å². The van der Waals surface area contributed by atoms with E-state index in [2.05, 4.69) is 15.5 Å². The van der Waals surface area contributed by atoms with Crippen molar-refractivity contribution < 1.29 is 4.79 Å². The Hall–Kier alpha value is -2.82. The fraction of sp³-hybridized carbons (Fsp3) is 0.200. The number of hydrogen-bond donors (Lipinski definition) is 1. The maximum atomic E-state index is 12.5. The standard InChI is InChI=1S/C20H18ClN5OS/c1-12-6-4-5-7-16(12)18-24-25-20(26(18)3)28-13(2)19(27)23-15-9-8-14(11-22)17(21)10-15/h4-10,13H,1-3H3,(H,23,27)/t13-/m1/s1. The lowest BCUT2D eigenvalue weighted by Gasteiger charge is -2.12. The molecule has 0 fully saturated rings. The van der Waals surface area contributed by atoms with E-state index in [0.717, 1.165) is 17.0 Å². The van der Waals surface area contributed by atoms with Crippen molar-refractivity contribution >= 4 is 35.0 Å². The van der Waals surface area contributed by atoms with Gasteiger partial charge in [-0.1, -0.05) is 47.6 Å². The van der Waals surface area contributed by atoms with Gasteiger partial charge in [0.2, 0.25) is 5.91 Å². The third kappa shape index (κ3) is 4.19. The van der Waals surface area contributed by atoms with Crippen LogP contribution in [0.3, 0.4) is 0 Å². The SMILES string of the molecule is Cc1ccccc1-c1nnc(S[C@H](C)C(=O)Nc2ccc(C#N)c(Cl)c2)n1C. The molecule has 1 amide bonds. The van der Waals surface area contributed by atoms with Crippen molar-refractivity contribution in [1.29, 1.82) is 5.26 Å². The summed E-state index contributed by atoms with van der Waals surface area (Å²) in [4.78, 5) is 12.5. The third-order valence-corrected chi connectivity index (χ3v) is 5.68. The second-order valence-electron chi connectivity index (χ2n) is 6.24. The van der Waals surface area contributed by atoms with Crippen molar-refractivity contribution in [1.82, 2.24) is 14.8 Å². The summed E-state index contributed by atoms with van der Waals surface area (Å²) in [5, 5.41) is 20.8. The van der Waals surface area contributed by atoms with Crippen LogP contribution in [0.1, 0.15) is 18.1 Å². The van der Waals surface area contributed by atoms with Gasteiger partial charge >= 0.3 is 0 Å². The van der Waals surface area contributed by atoms with Gasteiger partial charge in [0, 0.05) is 18.3 Å². The van der Waals surface area contributed by atoms with Crippen LogP contribution in [-0.2, 0) is 11.8 Å². The number of benzene rings is 2. The molecule has 0 radical (unpaired) electrons. The van der Waals surface area contributed by atoms with E-state index in [1.165, 1.54) is 11.8 Å². The molecule has 1 aromatic heterocycles. The predicted octanol–water partition coefficient (Wildman–Crippen LogP) is 4.43. The van der Waals surface area contributed by atoms with Gasteiger partial charge in [-0.15, -0.1) is 10.2 Å². The summed E-state index contributed by atoms with van der Waals surface area (Å²) in [5.74, 6) is 0.568. The maximum Gasteiger partial charge on any atom is 0.237 e. The molecular weight excluding hydrogens is 394 g/mol. The molecule has 0 aliphatic carbocycles. The van der Waals surface area contributed by atoms with Crippen molar-refractivity contribution in [2.45, 2.75) is 24.3 Å². The summed E-state index contributed by atoms with van der Waals surface area (Å²) < 4.78 is 1.88. The first-order valence-corrected chi connectivity index (χ1v) is 9.79. The minimum Gasteiger partial charge on any atom is -0.325 e. The number of carbonyl (C=O) groups excluding carboxylic acids is 1. The number of aromatic nitrogens is 3. The highest BCUT2D eigenvalue weighted by atomic mass is 35.5. The van der Waals surface area contributed by atoms with Crippen LogP contribution in [0.4, 0.5) is 5.69 Å². The Balaban J connectivity index is 1.72. The van der Waals surface area contributed by atoms with Crippen LogP contribution < -0.4 is 5.32 Å². The van der Waals surface area contributed by atoms with E-state index in [1.54, 1.807) is 25.1 Å². The Labute approximate surface area is 172 Å². The average Bonchev–Trinajstić information content (AvgIpc) is 3.02. The molecule has 0 saturated heterocycles. The number of nitrogens with one attached hydrogen (secondary N) is 1. The molecule has 3 aromatic rings. The summed E-state index contributed by atoms with van der Waals surface area (Å²) in [6, 6.07) is 14.7. The number of rotatable bonds is 5. The molecule has 1 N–H and O–H groups in total. The summed E-state index contributed by atoms with van der Waals surface area (Å²) in [7, 11) is 1.88. The summed E-state index contributed by atoms with van der Waals surface area (Å²) in [6.07, 6.45) is 0. The van der Waals surface area contributed by atoms with E-state index in [9.17, 15) is 4.79 Å². The quantitative estimate of drug-likeness (QED) is 0.627. The molecule has 8 heteroatoms. The number of hydrogen-bond acceptors (Lipinski definition) is 5. The van der Waals surface area contributed by atoms with Crippen LogP contribution >= 0.6 is 23.4 Å². The number of anilines is 1. The van der Waals surface area contributed by atoms with Crippen LogP contribution in [0.25, 0.3) is 11.4 Å². The number of thioether (sulfide) groups is 1. The van der Waals surface area contributed by atoms with Crippen molar-refractivity contribution in [2.75, 3.05) is 5.32 Å². The van der Waals surface area contributed by atoms with E-state index in [1.807, 2.05) is 48.9 Å². The molecule has 0 saturated carbocycles. The average molecular weight is 412 g/mol. The molecular formula is C20H18ClN5OS. The zero-order chi connectivity index (χ0) is 20.3. The van der Waals surface area contributed by atoms with Crippen LogP contribution in [0.5, 0.6) is 0 Å². The Morgan fingerprint density at radius 2 is 2.04 bits per heavy atom. The number of halogens is 1. The molecule has 0 bridgehead atoms. The molecule has 0 spiro atoms. The number of amides is 1. The first kappa shape index (κ1) is 19.9. The Morgan fingerprint density at radius 1 is 1.29 bits per heavy atom. The van der Waals surface area contributed by atoms with Crippen molar-refractivity contribution in [2.24, 2.45) is 7.05 Å². The van der Waals surface area contributed by atoms with E-state index >= 15 is 0 Å². The van der Waals surface area contributed by atoms with E-state index in [4.69, 9.17) is 16.9 Å². The van der Waals surface area contributed by atoms with Crippen LogP contribution in [0, 0.1) is 18.3 Å². The fourth-order valence-electron chi connectivity index (χ4n) is 2.61. The first-order chi connectivity index (χ1) is 13.4. The van der Waals surface area contributed by atoms with Gasteiger partial charge in [0.05, 0.1) is 15.8 Å². The van der Waals surface area contributed by atoms with Crippen molar-refractivity contribution in [3.8, 4) is 17.5 Å². The Morgan fingerprint density at radius 3 is 2.71 bits per heavy atom. The second-order valence-corrected chi connectivity index (χ2v) is 7.95. The highest BCUT2D eigenvalue weighted by molar-refractivity contribution is 8.00. The number of carbonyl (C=O) groups is 1. The molecule has 2 aromatic carbocycles. The maximum absolute atomic E-state index is 12.5. The number of aryl methyl sites for hydroxylation is 1. The smallest absolute Gasteiger partial charge is 0.237 e. The van der Waals surface area contributed by atoms with Crippen molar-refractivity contribution in [3.05, 3.63) is 58.6 Å². The molecule has 0 aliphatic heterocycles. The first-order valence-electron chi connectivity index (χ1n) is 8.53. The molecule has 3 rings (SSSR count). The molecule has 28 heavy (non-hydrogen) atoms. The highest BCUT2D eigenvalue weighted by Gasteiger charge is 2.20. The van der Waals surface area contributed by atoms with Gasteiger partial charge in [-0.3, -0.25) is 4.79 Å². The van der Waals surface area contributed by atoms with Gasteiger partial charge in [0.15, 0.2) is 11.0 Å². The largest absolute Gasteiger partial charge is 0.325 e. The Bertz CT molecular complexity index is 1070. The zero-order valence-electron chi connectivity index (χ0n) is 15.6. The monoisotopic (exact) mass is 411 g/mol. The van der Waals surface area contributed by atoms with Gasteiger partial charge in [-0.05, 0) is 37.6 Å². The molecule has 0 aliphatic rings. The molecule has 1 atom stereocenters. The summed E-state index contributed by atoms with van der Waals surface area (Å²) in [5.41, 5.74) is 3.02. The Kier molecular flexibility index (Phi) is 6.02. The lowest BCUT2D eigenvalue weighted by Crippen LogP contribution is -2.22. The van der Waals surface area contributed by atoms with Gasteiger partial charge in [0.1, 0.15) is 6.07 Å². The molecule has 6 nitrogen and oxygen atoms in total. The lowest BCUT2D eigenvalue weighted by atomic mass is 10.1. The molecule has 142 valence electrons. The molecule has 1 heterocycles. The summed E-state index contributed by atoms with van der Waals surface area (Å²) >= 11 is 7.34. The normalized spacial score (nSPS) is 11.7. The minimum atomic E-state index is -0.401. The van der Waals surface area contributed by atoms with E-state index < -0.39 is 5.25 Å². The highest BCUT2D eigenvalue weighted by Crippen LogP contribution is 2.28. The molecule has 0 unspecified atom stereocenters. The predicted molar refractivity (Wildman–Crippen MR) is 111 cm³/mol. The van der Waals surface area contributed by atoms with Crippen molar-refractivity contribution in [3.63, 3.8) is 0 Å². The zero-order valence-corrected chi connectivity index (χ0v) is 17.2. The summed E-state index contributed by atoms with van der Waals surface area (Å²) in [6.45, 7) is 3.82. The minimum absolute atomic E-state index is 0.189. The van der Waals surface area contributed by atoms with Crippen LogP contribution in [0.2, 0.25) is 5.02 Å². The second kappa shape index (κ2) is 8.46.